The summed E-state index contributed by atoms with van der Waals surface area (Å²) in [6.07, 6.45) is 1.83. The number of nitrogens with zero attached hydrogens (tertiary/aromatic N) is 1. The number of nitrogen functional groups attached to an aromatic ring is 1. The van der Waals surface area contributed by atoms with Gasteiger partial charge in [0.1, 0.15) is 5.82 Å². The maximum Gasteiger partial charge on any atom is 0.258 e. The van der Waals surface area contributed by atoms with Crippen LogP contribution in [0.3, 0.4) is 0 Å². The van der Waals surface area contributed by atoms with E-state index in [2.05, 4.69) is 0 Å². The first kappa shape index (κ1) is 12.7. The van der Waals surface area contributed by atoms with E-state index in [1.54, 1.807) is 17.0 Å². The van der Waals surface area contributed by atoms with Crippen LogP contribution in [-0.2, 0) is 6.42 Å². The highest BCUT2D eigenvalue weighted by molar-refractivity contribution is 6.07. The molecule has 2 N–H and O–H groups in total. The first-order valence-electron chi connectivity index (χ1n) is 6.61. The number of rotatable bonds is 1. The molecule has 2 aromatic carbocycles. The number of carbonyl (C=O) groups excluding carboxylic acids is 1. The van der Waals surface area contributed by atoms with Crippen LogP contribution >= 0.6 is 0 Å². The molecule has 1 aliphatic rings. The van der Waals surface area contributed by atoms with Crippen LogP contribution in [0.2, 0.25) is 0 Å². The van der Waals surface area contributed by atoms with Gasteiger partial charge in [0.2, 0.25) is 0 Å². The van der Waals surface area contributed by atoms with Crippen molar-refractivity contribution in [2.24, 2.45) is 0 Å². The molecule has 20 heavy (non-hydrogen) atoms. The molecule has 0 aliphatic carbocycles. The lowest BCUT2D eigenvalue weighted by molar-refractivity contribution is 0.0984. The molecule has 0 aromatic heterocycles. The third-order valence-corrected chi connectivity index (χ3v) is 3.54. The van der Waals surface area contributed by atoms with E-state index >= 15 is 0 Å². The number of nitrogens with two attached hydrogens (primary N) is 1. The van der Waals surface area contributed by atoms with Crippen LogP contribution in [0, 0.1) is 5.82 Å². The minimum absolute atomic E-state index is 0.184. The summed E-state index contributed by atoms with van der Waals surface area (Å²) in [6.45, 7) is 0.631. The number of benzene rings is 2. The van der Waals surface area contributed by atoms with Gasteiger partial charge in [0, 0.05) is 23.5 Å². The van der Waals surface area contributed by atoms with Gasteiger partial charge in [0.25, 0.3) is 5.91 Å². The normalized spacial score (nSPS) is 13.9. The lowest BCUT2D eigenvalue weighted by Gasteiger charge is -2.29. The number of fused-ring (bicyclic) bond motifs is 1. The van der Waals surface area contributed by atoms with E-state index in [1.807, 2.05) is 18.2 Å². The van der Waals surface area contributed by atoms with Gasteiger partial charge in [-0.15, -0.1) is 0 Å². The summed E-state index contributed by atoms with van der Waals surface area (Å²) in [5, 5.41) is 0. The third kappa shape index (κ3) is 2.25. The second-order valence-electron chi connectivity index (χ2n) is 4.96. The molecule has 0 saturated carbocycles. The molecule has 3 nitrogen and oxygen atoms in total. The van der Waals surface area contributed by atoms with Gasteiger partial charge in [-0.25, -0.2) is 4.39 Å². The predicted molar refractivity (Wildman–Crippen MR) is 77.3 cm³/mol. The van der Waals surface area contributed by atoms with Crippen molar-refractivity contribution in [2.45, 2.75) is 12.8 Å². The Hall–Kier alpha value is -2.36. The number of aryl methyl sites for hydroxylation is 1. The number of halogens is 1. The van der Waals surface area contributed by atoms with Crippen LogP contribution in [0.4, 0.5) is 15.8 Å². The van der Waals surface area contributed by atoms with Gasteiger partial charge in [0.15, 0.2) is 0 Å². The Bertz CT molecular complexity index is 669. The summed E-state index contributed by atoms with van der Waals surface area (Å²) in [4.78, 5) is 14.2. The molecular formula is C16H15FN2O. The molecule has 0 unspecified atom stereocenters. The molecule has 1 amide bonds. The SMILES string of the molecule is Nc1ccc2c(c1)N(C(=O)c1cccc(F)c1)CCC2. The first-order valence-corrected chi connectivity index (χ1v) is 6.61. The Labute approximate surface area is 116 Å². The minimum Gasteiger partial charge on any atom is -0.399 e. The summed E-state index contributed by atoms with van der Waals surface area (Å²) in [7, 11) is 0. The van der Waals surface area contributed by atoms with E-state index in [4.69, 9.17) is 5.73 Å². The van der Waals surface area contributed by atoms with Gasteiger partial charge < -0.3 is 10.6 Å². The zero-order valence-electron chi connectivity index (χ0n) is 11.0. The number of carbonyl (C=O) groups is 1. The maximum atomic E-state index is 13.3. The number of amides is 1. The molecule has 0 bridgehead atoms. The molecule has 0 spiro atoms. The molecule has 4 heteroatoms. The predicted octanol–water partition coefficient (Wildman–Crippen LogP) is 3.00. The zero-order chi connectivity index (χ0) is 14.1. The summed E-state index contributed by atoms with van der Waals surface area (Å²) in [6, 6.07) is 11.4. The van der Waals surface area contributed by atoms with Crippen LogP contribution in [-0.4, -0.2) is 12.5 Å². The van der Waals surface area contributed by atoms with Crippen molar-refractivity contribution in [3.05, 3.63) is 59.4 Å². The van der Waals surface area contributed by atoms with Crippen LogP contribution in [0.15, 0.2) is 42.5 Å². The molecule has 0 fully saturated rings. The molecule has 2 aromatic rings. The highest BCUT2D eigenvalue weighted by Crippen LogP contribution is 2.30. The van der Waals surface area contributed by atoms with Gasteiger partial charge in [-0.05, 0) is 48.7 Å². The summed E-state index contributed by atoms with van der Waals surface area (Å²) < 4.78 is 13.3. The summed E-state index contributed by atoms with van der Waals surface area (Å²) >= 11 is 0. The van der Waals surface area contributed by atoms with Crippen molar-refractivity contribution in [3.63, 3.8) is 0 Å². The van der Waals surface area contributed by atoms with Crippen molar-refractivity contribution in [1.82, 2.24) is 0 Å². The van der Waals surface area contributed by atoms with Gasteiger partial charge in [0.05, 0.1) is 0 Å². The average Bonchev–Trinajstić information content (AvgIpc) is 2.46. The van der Waals surface area contributed by atoms with Crippen molar-refractivity contribution in [3.8, 4) is 0 Å². The monoisotopic (exact) mass is 270 g/mol. The van der Waals surface area contributed by atoms with Gasteiger partial charge >= 0.3 is 0 Å². The number of hydrogen-bond acceptors (Lipinski definition) is 2. The van der Waals surface area contributed by atoms with E-state index in [9.17, 15) is 9.18 Å². The van der Waals surface area contributed by atoms with E-state index in [0.29, 0.717) is 17.8 Å². The highest BCUT2D eigenvalue weighted by Gasteiger charge is 2.23. The van der Waals surface area contributed by atoms with Crippen molar-refractivity contribution >= 4 is 17.3 Å². The van der Waals surface area contributed by atoms with Crippen LogP contribution in [0.1, 0.15) is 22.3 Å². The first-order chi connectivity index (χ1) is 9.65. The third-order valence-electron chi connectivity index (χ3n) is 3.54. The standard InChI is InChI=1S/C16H15FN2O/c17-13-5-1-3-12(9-13)16(20)19-8-2-4-11-6-7-14(18)10-15(11)19/h1,3,5-7,9-10H,2,4,8,18H2. The quantitative estimate of drug-likeness (QED) is 0.810. The van der Waals surface area contributed by atoms with Crippen LogP contribution < -0.4 is 10.6 Å². The summed E-state index contributed by atoms with van der Waals surface area (Å²) in [5.41, 5.74) is 8.74. The fourth-order valence-corrected chi connectivity index (χ4v) is 2.58. The fraction of sp³-hybridized carbons (Fsp3) is 0.188. The summed E-state index contributed by atoms with van der Waals surface area (Å²) in [5.74, 6) is -0.586. The largest absolute Gasteiger partial charge is 0.399 e. The van der Waals surface area contributed by atoms with Crippen LogP contribution in [0.25, 0.3) is 0 Å². The Morgan fingerprint density at radius 1 is 1.20 bits per heavy atom. The maximum absolute atomic E-state index is 13.3. The van der Waals surface area contributed by atoms with Gasteiger partial charge in [-0.1, -0.05) is 12.1 Å². The second kappa shape index (κ2) is 4.96. The molecule has 0 radical (unpaired) electrons. The Morgan fingerprint density at radius 3 is 2.85 bits per heavy atom. The smallest absolute Gasteiger partial charge is 0.258 e. The van der Waals surface area contributed by atoms with Crippen LogP contribution in [0.5, 0.6) is 0 Å². The number of hydrogen-bond donors (Lipinski definition) is 1. The minimum atomic E-state index is -0.402. The molecule has 102 valence electrons. The van der Waals surface area contributed by atoms with E-state index in [0.717, 1.165) is 24.1 Å². The molecule has 0 atom stereocenters. The van der Waals surface area contributed by atoms with E-state index < -0.39 is 5.82 Å². The fourth-order valence-electron chi connectivity index (χ4n) is 2.58. The highest BCUT2D eigenvalue weighted by atomic mass is 19.1. The molecule has 3 rings (SSSR count). The molecule has 1 heterocycles. The Kier molecular flexibility index (Phi) is 3.14. The van der Waals surface area contributed by atoms with Crippen molar-refractivity contribution in [2.75, 3.05) is 17.2 Å². The topological polar surface area (TPSA) is 46.3 Å². The Balaban J connectivity index is 2.00. The van der Waals surface area contributed by atoms with Crippen molar-refractivity contribution in [1.29, 1.82) is 0 Å². The molecular weight excluding hydrogens is 255 g/mol. The second-order valence-corrected chi connectivity index (χ2v) is 4.96. The van der Waals surface area contributed by atoms with Gasteiger partial charge in [-0.2, -0.15) is 0 Å². The van der Waals surface area contributed by atoms with Crippen molar-refractivity contribution < 1.29 is 9.18 Å². The molecule has 1 aliphatic heterocycles. The Morgan fingerprint density at radius 2 is 2.05 bits per heavy atom. The lowest BCUT2D eigenvalue weighted by atomic mass is 10.00. The number of anilines is 2. The lowest BCUT2D eigenvalue weighted by Crippen LogP contribution is -2.35. The van der Waals surface area contributed by atoms with E-state index in [-0.39, 0.29) is 5.91 Å². The zero-order valence-corrected chi connectivity index (χ0v) is 11.0. The molecule has 0 saturated heterocycles. The average molecular weight is 270 g/mol. The van der Waals surface area contributed by atoms with Gasteiger partial charge in [-0.3, -0.25) is 4.79 Å². The van der Waals surface area contributed by atoms with E-state index in [1.165, 1.54) is 12.1 Å².